The molecule has 0 aliphatic rings. The Bertz CT molecular complexity index is 1010. The lowest BCUT2D eigenvalue weighted by Crippen LogP contribution is -2.42. The lowest BCUT2D eigenvalue weighted by Gasteiger charge is -2.16. The molecule has 2 rings (SSSR count). The van der Waals surface area contributed by atoms with Crippen LogP contribution in [0.15, 0.2) is 42.1 Å². The minimum atomic E-state index is -1.25. The molecule has 0 radical (unpaired) electrons. The van der Waals surface area contributed by atoms with Crippen molar-refractivity contribution in [2.45, 2.75) is 13.0 Å². The molecular formula is C22H23FN2O7. The number of carbonyl (C=O) groups is 3. The normalized spacial score (nSPS) is 11.8. The molecule has 32 heavy (non-hydrogen) atoms. The van der Waals surface area contributed by atoms with Gasteiger partial charge < -0.3 is 30.0 Å². The number of halogens is 1. The number of hydrogen-bond donors (Lipinski definition) is 3. The first-order valence-corrected chi connectivity index (χ1v) is 9.32. The highest BCUT2D eigenvalue weighted by Crippen LogP contribution is 2.38. The second kappa shape index (κ2) is 10.8. The van der Waals surface area contributed by atoms with Crippen LogP contribution >= 0.6 is 0 Å². The van der Waals surface area contributed by atoms with Gasteiger partial charge in [0.15, 0.2) is 11.5 Å². The van der Waals surface area contributed by atoms with Gasteiger partial charge in [0.25, 0.3) is 11.8 Å². The molecule has 0 aliphatic heterocycles. The molecule has 0 unspecified atom stereocenters. The maximum Gasteiger partial charge on any atom is 0.325 e. The van der Waals surface area contributed by atoms with Crippen LogP contribution in [0.5, 0.6) is 17.2 Å². The molecule has 10 heteroatoms. The molecule has 2 amide bonds. The zero-order chi connectivity index (χ0) is 23.8. The van der Waals surface area contributed by atoms with E-state index in [-0.39, 0.29) is 28.5 Å². The van der Waals surface area contributed by atoms with Gasteiger partial charge in [0, 0.05) is 5.56 Å². The molecule has 0 saturated heterocycles. The number of carboxylic acid groups (broad SMARTS) is 1. The first kappa shape index (κ1) is 24.2. The number of amides is 2. The van der Waals surface area contributed by atoms with E-state index in [0.29, 0.717) is 5.56 Å². The number of carboxylic acids is 1. The van der Waals surface area contributed by atoms with Gasteiger partial charge in [0.2, 0.25) is 5.75 Å². The largest absolute Gasteiger partial charge is 0.493 e. The van der Waals surface area contributed by atoms with Gasteiger partial charge in [-0.3, -0.25) is 14.4 Å². The van der Waals surface area contributed by atoms with E-state index in [0.717, 1.165) is 0 Å². The highest BCUT2D eigenvalue weighted by molar-refractivity contribution is 6.06. The average Bonchev–Trinajstić information content (AvgIpc) is 2.78. The van der Waals surface area contributed by atoms with Gasteiger partial charge in [-0.2, -0.15) is 0 Å². The van der Waals surface area contributed by atoms with Crippen LogP contribution in [0.1, 0.15) is 22.8 Å². The van der Waals surface area contributed by atoms with Gasteiger partial charge >= 0.3 is 5.97 Å². The van der Waals surface area contributed by atoms with E-state index >= 15 is 0 Å². The van der Waals surface area contributed by atoms with Crippen molar-refractivity contribution >= 4 is 23.9 Å². The number of aliphatic carboxylic acids is 1. The van der Waals surface area contributed by atoms with Crippen LogP contribution in [0, 0.1) is 5.82 Å². The lowest BCUT2D eigenvalue weighted by atomic mass is 10.1. The van der Waals surface area contributed by atoms with E-state index in [1.165, 1.54) is 70.7 Å². The highest BCUT2D eigenvalue weighted by Gasteiger charge is 2.22. The Morgan fingerprint density at radius 1 is 1.00 bits per heavy atom. The number of carbonyl (C=O) groups excluding carboxylic acids is 2. The van der Waals surface area contributed by atoms with Crippen LogP contribution in [0.4, 0.5) is 4.39 Å². The Hall–Kier alpha value is -4.08. The predicted molar refractivity (Wildman–Crippen MR) is 113 cm³/mol. The van der Waals surface area contributed by atoms with Crippen LogP contribution in [-0.4, -0.2) is 50.3 Å². The summed E-state index contributed by atoms with van der Waals surface area (Å²) in [7, 11) is 4.19. The third kappa shape index (κ3) is 5.97. The summed E-state index contributed by atoms with van der Waals surface area (Å²) < 4.78 is 28.9. The Labute approximate surface area is 183 Å². The van der Waals surface area contributed by atoms with Crippen molar-refractivity contribution in [2.75, 3.05) is 21.3 Å². The molecule has 0 fully saturated rings. The number of ether oxygens (including phenoxy) is 3. The zero-order valence-electron chi connectivity index (χ0n) is 17.9. The standard InChI is InChI=1S/C22H23FN2O7/c1-12(22(28)29)24-21(27)16(9-13-5-7-15(23)8-6-13)25-20(26)14-10-17(30-2)19(32-4)18(11-14)31-3/h5-12H,1-4H3,(H,24,27)(H,25,26)(H,28,29)/b16-9+/t12-/m0/s1. The summed E-state index contributed by atoms with van der Waals surface area (Å²) >= 11 is 0. The summed E-state index contributed by atoms with van der Waals surface area (Å²) in [6, 6.07) is 6.74. The van der Waals surface area contributed by atoms with Crippen LogP contribution in [-0.2, 0) is 9.59 Å². The molecule has 170 valence electrons. The van der Waals surface area contributed by atoms with Crippen molar-refractivity contribution in [1.82, 2.24) is 10.6 Å². The molecule has 0 heterocycles. The summed E-state index contributed by atoms with van der Waals surface area (Å²) in [5.74, 6) is -2.54. The van der Waals surface area contributed by atoms with Crippen LogP contribution in [0.3, 0.4) is 0 Å². The molecule has 1 atom stereocenters. The fourth-order valence-electron chi connectivity index (χ4n) is 2.63. The molecule has 2 aromatic carbocycles. The molecule has 0 saturated carbocycles. The minimum Gasteiger partial charge on any atom is -0.493 e. The number of hydrogen-bond acceptors (Lipinski definition) is 6. The maximum absolute atomic E-state index is 13.2. The Kier molecular flexibility index (Phi) is 8.17. The molecule has 9 nitrogen and oxygen atoms in total. The number of nitrogens with one attached hydrogen (secondary N) is 2. The molecule has 3 N–H and O–H groups in total. The fourth-order valence-corrected chi connectivity index (χ4v) is 2.63. The van der Waals surface area contributed by atoms with Gasteiger partial charge in [-0.15, -0.1) is 0 Å². The second-order valence-electron chi connectivity index (χ2n) is 6.51. The summed E-state index contributed by atoms with van der Waals surface area (Å²) in [6.07, 6.45) is 1.29. The van der Waals surface area contributed by atoms with Crippen molar-refractivity contribution in [3.05, 3.63) is 59.0 Å². The minimum absolute atomic E-state index is 0.0867. The van der Waals surface area contributed by atoms with Gasteiger partial charge in [-0.25, -0.2) is 4.39 Å². The van der Waals surface area contributed by atoms with Crippen molar-refractivity contribution < 1.29 is 38.1 Å². The van der Waals surface area contributed by atoms with Crippen molar-refractivity contribution in [1.29, 1.82) is 0 Å². The molecule has 0 aliphatic carbocycles. The molecule has 0 aromatic heterocycles. The van der Waals surface area contributed by atoms with Gasteiger partial charge in [-0.05, 0) is 42.8 Å². The van der Waals surface area contributed by atoms with Gasteiger partial charge in [0.1, 0.15) is 17.6 Å². The van der Waals surface area contributed by atoms with Gasteiger partial charge in [-0.1, -0.05) is 12.1 Å². The first-order chi connectivity index (χ1) is 15.2. The third-order valence-corrected chi connectivity index (χ3v) is 4.32. The number of rotatable bonds is 9. The summed E-state index contributed by atoms with van der Waals surface area (Å²) in [5.41, 5.74) is 0.247. The topological polar surface area (TPSA) is 123 Å². The third-order valence-electron chi connectivity index (χ3n) is 4.32. The Morgan fingerprint density at radius 3 is 2.03 bits per heavy atom. The van der Waals surface area contributed by atoms with E-state index < -0.39 is 29.6 Å². The van der Waals surface area contributed by atoms with E-state index in [9.17, 15) is 18.8 Å². The zero-order valence-corrected chi connectivity index (χ0v) is 17.9. The molecule has 2 aromatic rings. The summed E-state index contributed by atoms with van der Waals surface area (Å²) in [6.45, 7) is 1.27. The van der Waals surface area contributed by atoms with E-state index in [1.807, 2.05) is 0 Å². The van der Waals surface area contributed by atoms with Crippen molar-refractivity contribution in [3.8, 4) is 17.2 Å². The monoisotopic (exact) mass is 446 g/mol. The molecule has 0 spiro atoms. The van der Waals surface area contributed by atoms with E-state index in [2.05, 4.69) is 10.6 Å². The summed E-state index contributed by atoms with van der Waals surface area (Å²) in [4.78, 5) is 36.6. The van der Waals surface area contributed by atoms with Crippen molar-refractivity contribution in [2.24, 2.45) is 0 Å². The van der Waals surface area contributed by atoms with Crippen LogP contribution in [0.2, 0.25) is 0 Å². The lowest BCUT2D eigenvalue weighted by molar-refractivity contribution is -0.140. The Morgan fingerprint density at radius 2 is 1.56 bits per heavy atom. The van der Waals surface area contributed by atoms with Gasteiger partial charge in [0.05, 0.1) is 21.3 Å². The van der Waals surface area contributed by atoms with Crippen LogP contribution in [0.25, 0.3) is 6.08 Å². The number of benzene rings is 2. The van der Waals surface area contributed by atoms with Crippen LogP contribution < -0.4 is 24.8 Å². The van der Waals surface area contributed by atoms with E-state index in [4.69, 9.17) is 19.3 Å². The highest BCUT2D eigenvalue weighted by atomic mass is 19.1. The second-order valence-corrected chi connectivity index (χ2v) is 6.51. The molecular weight excluding hydrogens is 423 g/mol. The number of methoxy groups -OCH3 is 3. The average molecular weight is 446 g/mol. The summed E-state index contributed by atoms with van der Waals surface area (Å²) in [5, 5.41) is 13.8. The van der Waals surface area contributed by atoms with E-state index in [1.54, 1.807) is 0 Å². The maximum atomic E-state index is 13.2. The molecule has 0 bridgehead atoms. The predicted octanol–water partition coefficient (Wildman–Crippen LogP) is 2.21. The smallest absolute Gasteiger partial charge is 0.325 e. The fraction of sp³-hybridized carbons (Fsp3) is 0.227. The first-order valence-electron chi connectivity index (χ1n) is 9.32. The van der Waals surface area contributed by atoms with Crippen molar-refractivity contribution in [3.63, 3.8) is 0 Å². The quantitative estimate of drug-likeness (QED) is 0.505. The SMILES string of the molecule is COc1cc(C(=O)N/C(=C/c2ccc(F)cc2)C(=O)N[C@@H](C)C(=O)O)cc(OC)c1OC. The Balaban J connectivity index is 2.42.